The molecule has 0 spiro atoms. The molecule has 0 aliphatic rings. The number of hydrogen-bond donors (Lipinski definition) is 1. The van der Waals surface area contributed by atoms with E-state index < -0.39 is 5.82 Å². The number of carbonyl (C=O) groups is 2. The lowest BCUT2D eigenvalue weighted by molar-refractivity contribution is 0.0903. The van der Waals surface area contributed by atoms with Gasteiger partial charge in [-0.1, -0.05) is 18.2 Å². The highest BCUT2D eigenvalue weighted by molar-refractivity contribution is 6.02. The molecular weight excluding hydrogens is 257 g/mol. The first kappa shape index (κ1) is 13.9. The van der Waals surface area contributed by atoms with Gasteiger partial charge in [-0.05, 0) is 42.8 Å². The number of rotatable bonds is 4. The Balaban J connectivity index is 1.99. The molecule has 0 bridgehead atoms. The van der Waals surface area contributed by atoms with E-state index in [2.05, 4.69) is 5.32 Å². The van der Waals surface area contributed by atoms with Crippen LogP contribution in [0.2, 0.25) is 0 Å². The van der Waals surface area contributed by atoms with E-state index in [1.807, 2.05) is 19.1 Å². The molecular formula is C16H14FNO2. The first-order valence-electron chi connectivity index (χ1n) is 6.20. The standard InChI is InChI=1S/C16H14FNO2/c1-11-4-2-3-5-14(11)16(20)18-10-15(19)12-6-8-13(17)9-7-12/h2-9H,10H2,1H3,(H,18,20). The Kier molecular flexibility index (Phi) is 4.25. The zero-order valence-corrected chi connectivity index (χ0v) is 11.0. The molecule has 4 heteroatoms. The SMILES string of the molecule is Cc1ccccc1C(=O)NCC(=O)c1ccc(F)cc1. The number of ketones is 1. The van der Waals surface area contributed by atoms with Crippen molar-refractivity contribution >= 4 is 11.7 Å². The van der Waals surface area contributed by atoms with Gasteiger partial charge in [-0.3, -0.25) is 9.59 Å². The highest BCUT2D eigenvalue weighted by atomic mass is 19.1. The molecule has 1 amide bonds. The monoisotopic (exact) mass is 271 g/mol. The lowest BCUT2D eigenvalue weighted by atomic mass is 10.1. The van der Waals surface area contributed by atoms with Crippen LogP contribution in [0.15, 0.2) is 48.5 Å². The molecule has 0 radical (unpaired) electrons. The van der Waals surface area contributed by atoms with Crippen molar-refractivity contribution in [2.75, 3.05) is 6.54 Å². The minimum atomic E-state index is -0.398. The summed E-state index contributed by atoms with van der Waals surface area (Å²) in [6, 6.07) is 12.4. The van der Waals surface area contributed by atoms with Crippen molar-refractivity contribution < 1.29 is 14.0 Å². The molecule has 0 heterocycles. The molecule has 2 aromatic carbocycles. The van der Waals surface area contributed by atoms with Gasteiger partial charge in [0.25, 0.3) is 5.91 Å². The fourth-order valence-electron chi connectivity index (χ4n) is 1.82. The second-order valence-electron chi connectivity index (χ2n) is 4.43. The van der Waals surface area contributed by atoms with Crippen LogP contribution in [-0.4, -0.2) is 18.2 Å². The molecule has 2 aromatic rings. The Bertz CT molecular complexity index is 635. The minimum Gasteiger partial charge on any atom is -0.345 e. The molecule has 3 nitrogen and oxygen atoms in total. The van der Waals surface area contributed by atoms with Crippen molar-refractivity contribution in [1.29, 1.82) is 0 Å². The predicted octanol–water partition coefficient (Wildman–Crippen LogP) is 2.75. The zero-order valence-electron chi connectivity index (χ0n) is 11.0. The first-order valence-corrected chi connectivity index (χ1v) is 6.20. The first-order chi connectivity index (χ1) is 9.58. The van der Waals surface area contributed by atoms with Crippen molar-refractivity contribution in [3.63, 3.8) is 0 Å². The van der Waals surface area contributed by atoms with Crippen LogP contribution in [0.5, 0.6) is 0 Å². The number of carbonyl (C=O) groups excluding carboxylic acids is 2. The van der Waals surface area contributed by atoms with E-state index in [9.17, 15) is 14.0 Å². The fraction of sp³-hybridized carbons (Fsp3) is 0.125. The van der Waals surface area contributed by atoms with E-state index in [1.54, 1.807) is 12.1 Å². The molecule has 0 aliphatic heterocycles. The van der Waals surface area contributed by atoms with Crippen molar-refractivity contribution in [3.8, 4) is 0 Å². The van der Waals surface area contributed by atoms with Crippen LogP contribution in [0.3, 0.4) is 0 Å². The largest absolute Gasteiger partial charge is 0.345 e. The van der Waals surface area contributed by atoms with Crippen LogP contribution in [0, 0.1) is 12.7 Å². The summed E-state index contributed by atoms with van der Waals surface area (Å²) in [6.45, 7) is 1.72. The van der Waals surface area contributed by atoms with Crippen molar-refractivity contribution in [2.45, 2.75) is 6.92 Å². The Morgan fingerprint density at radius 3 is 2.35 bits per heavy atom. The summed E-state index contributed by atoms with van der Waals surface area (Å²) in [4.78, 5) is 23.8. The topological polar surface area (TPSA) is 46.2 Å². The van der Waals surface area contributed by atoms with Gasteiger partial charge in [0.15, 0.2) is 5.78 Å². The number of hydrogen-bond acceptors (Lipinski definition) is 2. The summed E-state index contributed by atoms with van der Waals surface area (Å²) in [5.74, 6) is -0.948. The van der Waals surface area contributed by atoms with Gasteiger partial charge in [-0.15, -0.1) is 0 Å². The van der Waals surface area contributed by atoms with Crippen LogP contribution < -0.4 is 5.32 Å². The van der Waals surface area contributed by atoms with E-state index in [0.29, 0.717) is 11.1 Å². The zero-order chi connectivity index (χ0) is 14.5. The van der Waals surface area contributed by atoms with Gasteiger partial charge < -0.3 is 5.32 Å². The molecule has 20 heavy (non-hydrogen) atoms. The maximum absolute atomic E-state index is 12.7. The molecule has 102 valence electrons. The Morgan fingerprint density at radius 2 is 1.70 bits per heavy atom. The third-order valence-corrected chi connectivity index (χ3v) is 2.97. The maximum atomic E-state index is 12.7. The second-order valence-corrected chi connectivity index (χ2v) is 4.43. The summed E-state index contributed by atoms with van der Waals surface area (Å²) in [7, 11) is 0. The smallest absolute Gasteiger partial charge is 0.251 e. The van der Waals surface area contributed by atoms with Gasteiger partial charge in [0.05, 0.1) is 6.54 Å². The maximum Gasteiger partial charge on any atom is 0.251 e. The highest BCUT2D eigenvalue weighted by Crippen LogP contribution is 2.07. The van der Waals surface area contributed by atoms with Gasteiger partial charge in [-0.25, -0.2) is 4.39 Å². The molecule has 2 rings (SSSR count). The lowest BCUT2D eigenvalue weighted by Crippen LogP contribution is -2.30. The van der Waals surface area contributed by atoms with Gasteiger partial charge in [0.1, 0.15) is 5.82 Å². The van der Waals surface area contributed by atoms with Gasteiger partial charge >= 0.3 is 0 Å². The summed E-state index contributed by atoms with van der Waals surface area (Å²) in [5.41, 5.74) is 1.76. The van der Waals surface area contributed by atoms with E-state index in [1.165, 1.54) is 24.3 Å². The van der Waals surface area contributed by atoms with E-state index in [0.717, 1.165) is 5.56 Å². The second kappa shape index (κ2) is 6.10. The molecule has 0 saturated heterocycles. The molecule has 0 aliphatic carbocycles. The molecule has 0 aromatic heterocycles. The quantitative estimate of drug-likeness (QED) is 0.869. The normalized spacial score (nSPS) is 10.1. The third kappa shape index (κ3) is 3.29. The Labute approximate surface area is 116 Å². The van der Waals surface area contributed by atoms with Crippen LogP contribution >= 0.6 is 0 Å². The summed E-state index contributed by atoms with van der Waals surface area (Å²) in [5, 5.41) is 2.57. The van der Waals surface area contributed by atoms with Crippen LogP contribution in [0.4, 0.5) is 4.39 Å². The summed E-state index contributed by atoms with van der Waals surface area (Å²) in [6.07, 6.45) is 0. The van der Waals surface area contributed by atoms with Crippen LogP contribution in [0.25, 0.3) is 0 Å². The number of aryl methyl sites for hydroxylation is 1. The van der Waals surface area contributed by atoms with Crippen molar-refractivity contribution in [2.24, 2.45) is 0 Å². The van der Waals surface area contributed by atoms with E-state index in [4.69, 9.17) is 0 Å². The van der Waals surface area contributed by atoms with E-state index in [-0.39, 0.29) is 18.2 Å². The number of benzene rings is 2. The lowest BCUT2D eigenvalue weighted by Gasteiger charge is -2.07. The average molecular weight is 271 g/mol. The predicted molar refractivity (Wildman–Crippen MR) is 74.2 cm³/mol. The molecule has 0 fully saturated rings. The third-order valence-electron chi connectivity index (χ3n) is 2.97. The molecule has 0 unspecified atom stereocenters. The number of Topliss-reactive ketones (excluding diaryl/α,β-unsaturated/α-hetero) is 1. The van der Waals surface area contributed by atoms with Crippen molar-refractivity contribution in [3.05, 3.63) is 71.0 Å². The Morgan fingerprint density at radius 1 is 1.05 bits per heavy atom. The summed E-state index contributed by atoms with van der Waals surface area (Å²) < 4.78 is 12.7. The van der Waals surface area contributed by atoms with Crippen LogP contribution in [-0.2, 0) is 0 Å². The van der Waals surface area contributed by atoms with Crippen molar-refractivity contribution in [1.82, 2.24) is 5.32 Å². The van der Waals surface area contributed by atoms with Gasteiger partial charge in [0.2, 0.25) is 0 Å². The summed E-state index contributed by atoms with van der Waals surface area (Å²) >= 11 is 0. The van der Waals surface area contributed by atoms with Gasteiger partial charge in [0, 0.05) is 11.1 Å². The average Bonchev–Trinajstić information content (AvgIpc) is 2.45. The van der Waals surface area contributed by atoms with E-state index >= 15 is 0 Å². The minimum absolute atomic E-state index is 0.112. The van der Waals surface area contributed by atoms with Crippen LogP contribution in [0.1, 0.15) is 26.3 Å². The fourth-order valence-corrected chi connectivity index (χ4v) is 1.82. The number of nitrogens with one attached hydrogen (secondary N) is 1. The molecule has 0 saturated carbocycles. The molecule has 1 N–H and O–H groups in total. The molecule has 0 atom stereocenters. The van der Waals surface area contributed by atoms with Gasteiger partial charge in [-0.2, -0.15) is 0 Å². The Hall–Kier alpha value is -2.49. The number of amides is 1. The number of halogens is 1. The highest BCUT2D eigenvalue weighted by Gasteiger charge is 2.11.